The molecule has 2 aromatic carbocycles. The van der Waals surface area contributed by atoms with E-state index in [1.807, 2.05) is 0 Å². The second-order valence-corrected chi connectivity index (χ2v) is 4.62. The number of non-ortho nitro benzene ring substituents is 1. The lowest BCUT2D eigenvalue weighted by atomic mass is 10.0. The second-order valence-electron chi connectivity index (χ2n) is 4.62. The molecule has 0 aromatic heterocycles. The fourth-order valence-corrected chi connectivity index (χ4v) is 2.02. The number of hydrogen-bond acceptors (Lipinski definition) is 5. The van der Waals surface area contributed by atoms with Crippen molar-refractivity contribution < 1.29 is 14.4 Å². The summed E-state index contributed by atoms with van der Waals surface area (Å²) in [6.07, 6.45) is 1.67. The van der Waals surface area contributed by atoms with Crippen molar-refractivity contribution in [2.75, 3.05) is 14.2 Å². The summed E-state index contributed by atoms with van der Waals surface area (Å²) in [5.74, 6) is 1.22. The zero-order valence-electron chi connectivity index (χ0n) is 12.6. The molecular formula is C17H14N2O4. The highest BCUT2D eigenvalue weighted by Crippen LogP contribution is 2.26. The van der Waals surface area contributed by atoms with Crippen LogP contribution in [-0.4, -0.2) is 19.1 Å². The summed E-state index contributed by atoms with van der Waals surface area (Å²) >= 11 is 0. The number of methoxy groups -OCH3 is 2. The average molecular weight is 310 g/mol. The maximum atomic E-state index is 10.7. The quantitative estimate of drug-likeness (QED) is 0.364. The third-order valence-electron chi connectivity index (χ3n) is 3.19. The first-order valence-corrected chi connectivity index (χ1v) is 6.67. The van der Waals surface area contributed by atoms with Crippen molar-refractivity contribution in [1.82, 2.24) is 0 Å². The maximum Gasteiger partial charge on any atom is 0.269 e. The van der Waals surface area contributed by atoms with Gasteiger partial charge in [-0.05, 0) is 41.5 Å². The Morgan fingerprint density at radius 3 is 2.13 bits per heavy atom. The molecule has 0 aliphatic heterocycles. The monoisotopic (exact) mass is 310 g/mol. The third-order valence-corrected chi connectivity index (χ3v) is 3.19. The van der Waals surface area contributed by atoms with Gasteiger partial charge in [-0.15, -0.1) is 0 Å². The van der Waals surface area contributed by atoms with Gasteiger partial charge in [-0.2, -0.15) is 5.26 Å². The Morgan fingerprint density at radius 2 is 1.70 bits per heavy atom. The summed E-state index contributed by atoms with van der Waals surface area (Å²) in [6.45, 7) is 0. The van der Waals surface area contributed by atoms with Crippen LogP contribution in [-0.2, 0) is 0 Å². The molecule has 0 radical (unpaired) electrons. The van der Waals surface area contributed by atoms with Crippen LogP contribution in [0.3, 0.4) is 0 Å². The zero-order chi connectivity index (χ0) is 16.8. The number of nitriles is 1. The van der Waals surface area contributed by atoms with Crippen molar-refractivity contribution >= 4 is 17.3 Å². The summed E-state index contributed by atoms with van der Waals surface area (Å²) in [5, 5.41) is 20.0. The van der Waals surface area contributed by atoms with E-state index in [1.54, 1.807) is 50.6 Å². The van der Waals surface area contributed by atoms with E-state index in [9.17, 15) is 15.4 Å². The minimum atomic E-state index is -0.480. The SMILES string of the molecule is COc1cc(/C=C(\C#N)c2ccc([N+](=O)[O-])cc2)cc(OC)c1. The first-order chi connectivity index (χ1) is 11.1. The normalized spacial score (nSPS) is 10.7. The first kappa shape index (κ1) is 16.0. The molecule has 0 spiro atoms. The first-order valence-electron chi connectivity index (χ1n) is 6.67. The van der Waals surface area contributed by atoms with E-state index in [1.165, 1.54) is 12.1 Å². The minimum Gasteiger partial charge on any atom is -0.497 e. The standard InChI is InChI=1S/C17H14N2O4/c1-22-16-8-12(9-17(10-16)23-2)7-14(11-18)13-3-5-15(6-4-13)19(20)21/h3-10H,1-2H3/b14-7+. The van der Waals surface area contributed by atoms with Crippen LogP contribution >= 0.6 is 0 Å². The van der Waals surface area contributed by atoms with Gasteiger partial charge < -0.3 is 9.47 Å². The van der Waals surface area contributed by atoms with E-state index in [0.29, 0.717) is 22.6 Å². The van der Waals surface area contributed by atoms with E-state index in [0.717, 1.165) is 5.56 Å². The fourth-order valence-electron chi connectivity index (χ4n) is 2.02. The number of nitro benzene ring substituents is 1. The molecule has 23 heavy (non-hydrogen) atoms. The molecule has 2 rings (SSSR count). The van der Waals surface area contributed by atoms with Crippen LogP contribution in [0.2, 0.25) is 0 Å². The highest BCUT2D eigenvalue weighted by molar-refractivity contribution is 5.90. The molecule has 116 valence electrons. The molecule has 0 saturated carbocycles. The zero-order valence-corrected chi connectivity index (χ0v) is 12.6. The molecule has 0 aliphatic carbocycles. The van der Waals surface area contributed by atoms with Crippen molar-refractivity contribution in [3.05, 3.63) is 63.7 Å². The molecule has 0 N–H and O–H groups in total. The predicted octanol–water partition coefficient (Wildman–Crippen LogP) is 3.68. The molecule has 0 fully saturated rings. The smallest absolute Gasteiger partial charge is 0.269 e. The topological polar surface area (TPSA) is 85.4 Å². The van der Waals surface area contributed by atoms with Gasteiger partial charge in [0.1, 0.15) is 11.5 Å². The molecule has 0 unspecified atom stereocenters. The number of rotatable bonds is 5. The van der Waals surface area contributed by atoms with Crippen molar-refractivity contribution in [1.29, 1.82) is 5.26 Å². The van der Waals surface area contributed by atoms with Crippen molar-refractivity contribution in [3.8, 4) is 17.6 Å². The van der Waals surface area contributed by atoms with E-state index in [2.05, 4.69) is 6.07 Å². The molecule has 0 amide bonds. The highest BCUT2D eigenvalue weighted by Gasteiger charge is 2.08. The second kappa shape index (κ2) is 7.09. The number of hydrogen-bond donors (Lipinski definition) is 0. The Hall–Kier alpha value is -3.33. The van der Waals surface area contributed by atoms with Crippen molar-refractivity contribution in [3.63, 3.8) is 0 Å². The van der Waals surface area contributed by atoms with Gasteiger partial charge in [-0.1, -0.05) is 0 Å². The predicted molar refractivity (Wildman–Crippen MR) is 86.1 cm³/mol. The molecule has 0 aliphatic rings. The van der Waals surface area contributed by atoms with Gasteiger partial charge in [-0.3, -0.25) is 10.1 Å². The largest absolute Gasteiger partial charge is 0.497 e. The van der Waals surface area contributed by atoms with Crippen LogP contribution in [0.4, 0.5) is 5.69 Å². The van der Waals surface area contributed by atoms with Gasteiger partial charge in [0, 0.05) is 18.2 Å². The Bertz CT molecular complexity index is 767. The van der Waals surface area contributed by atoms with E-state index in [4.69, 9.17) is 9.47 Å². The molecule has 0 heterocycles. The lowest BCUT2D eigenvalue weighted by molar-refractivity contribution is -0.384. The average Bonchev–Trinajstić information content (AvgIpc) is 2.59. The Morgan fingerprint density at radius 1 is 1.13 bits per heavy atom. The van der Waals surface area contributed by atoms with Crippen LogP contribution in [0, 0.1) is 21.4 Å². The molecule has 6 heteroatoms. The van der Waals surface area contributed by atoms with Gasteiger partial charge >= 0.3 is 0 Å². The minimum absolute atomic E-state index is 0.0194. The van der Waals surface area contributed by atoms with E-state index in [-0.39, 0.29) is 5.69 Å². The number of nitro groups is 1. The fraction of sp³-hybridized carbons (Fsp3) is 0.118. The lowest BCUT2D eigenvalue weighted by Gasteiger charge is -2.06. The number of allylic oxidation sites excluding steroid dienone is 1. The summed E-state index contributed by atoms with van der Waals surface area (Å²) in [6, 6.07) is 13.2. The molecular weight excluding hydrogens is 296 g/mol. The Balaban J connectivity index is 2.42. The molecule has 0 bridgehead atoms. The number of benzene rings is 2. The molecule has 0 saturated heterocycles. The number of ether oxygens (including phenoxy) is 2. The van der Waals surface area contributed by atoms with Crippen LogP contribution < -0.4 is 9.47 Å². The van der Waals surface area contributed by atoms with Crippen molar-refractivity contribution in [2.45, 2.75) is 0 Å². The van der Waals surface area contributed by atoms with Gasteiger partial charge in [-0.25, -0.2) is 0 Å². The van der Waals surface area contributed by atoms with Gasteiger partial charge in [0.15, 0.2) is 0 Å². The maximum absolute atomic E-state index is 10.7. The Kier molecular flexibility index (Phi) is 4.95. The van der Waals surface area contributed by atoms with E-state index >= 15 is 0 Å². The van der Waals surface area contributed by atoms with Crippen LogP contribution in [0.1, 0.15) is 11.1 Å². The lowest BCUT2D eigenvalue weighted by Crippen LogP contribution is -1.90. The van der Waals surface area contributed by atoms with Crippen LogP contribution in [0.5, 0.6) is 11.5 Å². The van der Waals surface area contributed by atoms with Gasteiger partial charge in [0.25, 0.3) is 5.69 Å². The van der Waals surface area contributed by atoms with Crippen LogP contribution in [0.25, 0.3) is 11.6 Å². The van der Waals surface area contributed by atoms with Gasteiger partial charge in [0.2, 0.25) is 0 Å². The molecule has 0 atom stereocenters. The van der Waals surface area contributed by atoms with Crippen molar-refractivity contribution in [2.24, 2.45) is 0 Å². The Labute approximate surface area is 133 Å². The van der Waals surface area contributed by atoms with Crippen LogP contribution in [0.15, 0.2) is 42.5 Å². The van der Waals surface area contributed by atoms with E-state index < -0.39 is 4.92 Å². The summed E-state index contributed by atoms with van der Waals surface area (Å²) in [4.78, 5) is 10.2. The number of nitrogens with zero attached hydrogens (tertiary/aromatic N) is 2. The highest BCUT2D eigenvalue weighted by atomic mass is 16.6. The third kappa shape index (κ3) is 3.86. The summed E-state index contributed by atoms with van der Waals surface area (Å²) < 4.78 is 10.4. The summed E-state index contributed by atoms with van der Waals surface area (Å²) in [7, 11) is 3.09. The molecule has 2 aromatic rings. The molecule has 6 nitrogen and oxygen atoms in total. The summed E-state index contributed by atoms with van der Waals surface area (Å²) in [5.41, 5.74) is 1.69. The van der Waals surface area contributed by atoms with Gasteiger partial charge in [0.05, 0.1) is 30.8 Å².